The number of nitrogens with one attached hydrogen (secondary N) is 1. The zero-order chi connectivity index (χ0) is 19.0. The van der Waals surface area contributed by atoms with Crippen LogP contribution >= 0.6 is 0 Å². The second kappa shape index (κ2) is 7.13. The van der Waals surface area contributed by atoms with Crippen LogP contribution in [0, 0.1) is 11.7 Å². The van der Waals surface area contributed by atoms with E-state index in [1.54, 1.807) is 30.0 Å². The number of carbonyl (C=O) groups excluding carboxylic acids is 2. The Labute approximate surface area is 156 Å². The molecular formula is C20H22FN3O3. The molecule has 1 saturated heterocycles. The Kier molecular flexibility index (Phi) is 4.68. The Bertz CT molecular complexity index is 842. The summed E-state index contributed by atoms with van der Waals surface area (Å²) < 4.78 is 18.3. The topological polar surface area (TPSA) is 75.4 Å². The van der Waals surface area contributed by atoms with Crippen molar-refractivity contribution >= 4 is 11.8 Å². The van der Waals surface area contributed by atoms with Gasteiger partial charge >= 0.3 is 0 Å². The van der Waals surface area contributed by atoms with E-state index in [1.807, 2.05) is 0 Å². The Morgan fingerprint density at radius 2 is 1.96 bits per heavy atom. The molecule has 2 aromatic rings. The lowest BCUT2D eigenvalue weighted by Gasteiger charge is -2.39. The van der Waals surface area contributed by atoms with Crippen LogP contribution in [0.25, 0.3) is 11.3 Å². The van der Waals surface area contributed by atoms with Crippen molar-refractivity contribution in [1.29, 1.82) is 0 Å². The first-order chi connectivity index (χ1) is 13.0. The second-order valence-electron chi connectivity index (χ2n) is 7.38. The van der Waals surface area contributed by atoms with Gasteiger partial charge in [-0.05, 0) is 49.9 Å². The van der Waals surface area contributed by atoms with Crippen LogP contribution in [0.15, 0.2) is 34.9 Å². The van der Waals surface area contributed by atoms with Gasteiger partial charge in [0, 0.05) is 24.2 Å². The molecule has 2 amide bonds. The average molecular weight is 371 g/mol. The molecule has 2 fully saturated rings. The van der Waals surface area contributed by atoms with E-state index in [2.05, 4.69) is 10.5 Å². The van der Waals surface area contributed by atoms with Gasteiger partial charge in [-0.25, -0.2) is 4.39 Å². The van der Waals surface area contributed by atoms with E-state index >= 15 is 0 Å². The van der Waals surface area contributed by atoms with E-state index in [1.165, 1.54) is 25.0 Å². The van der Waals surface area contributed by atoms with Crippen LogP contribution in [-0.4, -0.2) is 40.5 Å². The normalized spacial score (nSPS) is 23.5. The number of aromatic nitrogens is 1. The third kappa shape index (κ3) is 3.46. The van der Waals surface area contributed by atoms with E-state index in [0.29, 0.717) is 23.8 Å². The summed E-state index contributed by atoms with van der Waals surface area (Å²) in [4.78, 5) is 26.9. The van der Waals surface area contributed by atoms with Crippen molar-refractivity contribution in [3.63, 3.8) is 0 Å². The van der Waals surface area contributed by atoms with Crippen molar-refractivity contribution < 1.29 is 18.5 Å². The summed E-state index contributed by atoms with van der Waals surface area (Å²) in [6.45, 7) is 2.20. The monoisotopic (exact) mass is 371 g/mol. The van der Waals surface area contributed by atoms with Crippen molar-refractivity contribution in [2.75, 3.05) is 6.54 Å². The average Bonchev–Trinajstić information content (AvgIpc) is 3.36. The van der Waals surface area contributed by atoms with E-state index in [9.17, 15) is 14.0 Å². The maximum atomic E-state index is 13.1. The van der Waals surface area contributed by atoms with Crippen molar-refractivity contribution in [3.8, 4) is 11.3 Å². The molecule has 1 saturated carbocycles. The van der Waals surface area contributed by atoms with E-state index in [4.69, 9.17) is 4.52 Å². The Balaban J connectivity index is 1.54. The lowest BCUT2D eigenvalue weighted by atomic mass is 9.94. The highest BCUT2D eigenvalue weighted by molar-refractivity contribution is 5.97. The summed E-state index contributed by atoms with van der Waals surface area (Å²) in [5.74, 6) is 0.00975. The fourth-order valence-corrected chi connectivity index (χ4v) is 4.02. The molecule has 4 rings (SSSR count). The van der Waals surface area contributed by atoms with Gasteiger partial charge in [-0.3, -0.25) is 9.59 Å². The minimum absolute atomic E-state index is 0.0105. The van der Waals surface area contributed by atoms with Gasteiger partial charge in [0.2, 0.25) is 5.91 Å². The van der Waals surface area contributed by atoms with Gasteiger partial charge in [-0.1, -0.05) is 18.0 Å². The van der Waals surface area contributed by atoms with E-state index in [0.717, 1.165) is 12.8 Å². The van der Waals surface area contributed by atoms with Crippen molar-refractivity contribution in [3.05, 3.63) is 41.8 Å². The summed E-state index contributed by atoms with van der Waals surface area (Å²) in [6.07, 6.45) is 4.51. The largest absolute Gasteiger partial charge is 0.355 e. The quantitative estimate of drug-likeness (QED) is 0.900. The maximum Gasteiger partial charge on any atom is 0.276 e. The Morgan fingerprint density at radius 3 is 2.67 bits per heavy atom. The molecule has 1 aromatic carbocycles. The van der Waals surface area contributed by atoms with Crippen LogP contribution in [0.2, 0.25) is 0 Å². The molecule has 27 heavy (non-hydrogen) atoms. The molecule has 7 heteroatoms. The molecule has 1 aliphatic heterocycles. The summed E-state index contributed by atoms with van der Waals surface area (Å²) >= 11 is 0. The first kappa shape index (κ1) is 17.7. The number of nitrogens with zero attached hydrogens (tertiary/aromatic N) is 2. The standard InChI is InChI=1S/C20H22FN3O3/c1-12-19(25)22-17(13-4-2-3-5-13)11-24(12)20(26)16-10-18(27-23-16)14-6-8-15(21)9-7-14/h6-10,12-13,17H,2-5,11H2,1H3,(H,22,25). The lowest BCUT2D eigenvalue weighted by Crippen LogP contribution is -2.62. The molecule has 0 spiro atoms. The molecule has 2 aliphatic rings. The minimum Gasteiger partial charge on any atom is -0.355 e. The Hall–Kier alpha value is -2.70. The molecule has 1 aromatic heterocycles. The highest BCUT2D eigenvalue weighted by Crippen LogP contribution is 2.30. The van der Waals surface area contributed by atoms with Crippen LogP contribution in [0.5, 0.6) is 0 Å². The van der Waals surface area contributed by atoms with Crippen molar-refractivity contribution in [2.24, 2.45) is 5.92 Å². The van der Waals surface area contributed by atoms with E-state index in [-0.39, 0.29) is 29.4 Å². The molecule has 2 heterocycles. The lowest BCUT2D eigenvalue weighted by molar-refractivity contribution is -0.129. The van der Waals surface area contributed by atoms with Crippen molar-refractivity contribution in [2.45, 2.75) is 44.7 Å². The number of hydrogen-bond donors (Lipinski definition) is 1. The second-order valence-corrected chi connectivity index (χ2v) is 7.38. The smallest absolute Gasteiger partial charge is 0.276 e. The van der Waals surface area contributed by atoms with Gasteiger partial charge in [0.25, 0.3) is 5.91 Å². The molecule has 0 radical (unpaired) electrons. The molecule has 2 unspecified atom stereocenters. The fraction of sp³-hybridized carbons (Fsp3) is 0.450. The summed E-state index contributed by atoms with van der Waals surface area (Å²) in [5, 5.41) is 6.95. The highest BCUT2D eigenvalue weighted by Gasteiger charge is 2.39. The third-order valence-corrected chi connectivity index (χ3v) is 5.66. The molecular weight excluding hydrogens is 349 g/mol. The zero-order valence-corrected chi connectivity index (χ0v) is 15.2. The van der Waals surface area contributed by atoms with Gasteiger partial charge < -0.3 is 14.7 Å². The number of halogens is 1. The number of amides is 2. The number of benzene rings is 1. The molecule has 1 aliphatic carbocycles. The molecule has 142 valence electrons. The first-order valence-electron chi connectivity index (χ1n) is 9.37. The van der Waals surface area contributed by atoms with Crippen molar-refractivity contribution in [1.82, 2.24) is 15.4 Å². The number of hydrogen-bond acceptors (Lipinski definition) is 4. The Morgan fingerprint density at radius 1 is 1.26 bits per heavy atom. The first-order valence-corrected chi connectivity index (χ1v) is 9.37. The fourth-order valence-electron chi connectivity index (χ4n) is 4.02. The van der Waals surface area contributed by atoms with Gasteiger partial charge in [0.1, 0.15) is 11.9 Å². The number of piperazine rings is 1. The SMILES string of the molecule is CC1C(=O)NC(C2CCCC2)CN1C(=O)c1cc(-c2ccc(F)cc2)on1. The molecule has 0 bridgehead atoms. The maximum absolute atomic E-state index is 13.1. The van der Waals surface area contributed by atoms with Crippen LogP contribution < -0.4 is 5.32 Å². The van der Waals surface area contributed by atoms with Crippen LogP contribution in [0.1, 0.15) is 43.1 Å². The predicted molar refractivity (Wildman–Crippen MR) is 96.3 cm³/mol. The summed E-state index contributed by atoms with van der Waals surface area (Å²) in [5.41, 5.74) is 0.789. The molecule has 6 nitrogen and oxygen atoms in total. The third-order valence-electron chi connectivity index (χ3n) is 5.66. The predicted octanol–water partition coefficient (Wildman–Crippen LogP) is 3.00. The van der Waals surface area contributed by atoms with Crippen LogP contribution in [0.3, 0.4) is 0 Å². The summed E-state index contributed by atoms with van der Waals surface area (Å²) in [7, 11) is 0. The van der Waals surface area contributed by atoms with Crippen LogP contribution in [0.4, 0.5) is 4.39 Å². The number of carbonyl (C=O) groups is 2. The molecule has 2 atom stereocenters. The van der Waals surface area contributed by atoms with Gasteiger partial charge in [0.15, 0.2) is 11.5 Å². The van der Waals surface area contributed by atoms with Gasteiger partial charge in [-0.15, -0.1) is 0 Å². The minimum atomic E-state index is -0.555. The zero-order valence-electron chi connectivity index (χ0n) is 15.2. The van der Waals surface area contributed by atoms with Crippen LogP contribution in [-0.2, 0) is 4.79 Å². The molecule has 1 N–H and O–H groups in total. The highest BCUT2D eigenvalue weighted by atomic mass is 19.1. The number of rotatable bonds is 3. The summed E-state index contributed by atoms with van der Waals surface area (Å²) in [6, 6.07) is 6.75. The van der Waals surface area contributed by atoms with E-state index < -0.39 is 6.04 Å². The van der Waals surface area contributed by atoms with Gasteiger partial charge in [0.05, 0.1) is 0 Å². The van der Waals surface area contributed by atoms with Gasteiger partial charge in [-0.2, -0.15) is 0 Å².